The maximum Gasteiger partial charge on any atom is 0.215 e. The number of nitrogens with zero attached hydrogens (tertiary/aromatic N) is 3. The number of hydrogen-bond donors (Lipinski definition) is 0. The van der Waals surface area contributed by atoms with Crippen LogP contribution in [0.1, 0.15) is 35.4 Å². The number of hydrogen-bond acceptors (Lipinski definition) is 4. The zero-order chi connectivity index (χ0) is 14.7. The monoisotopic (exact) mass is 299 g/mol. The van der Waals surface area contributed by atoms with E-state index in [0.29, 0.717) is 18.2 Å². The third kappa shape index (κ3) is 3.14. The minimum Gasteiger partial charge on any atom is -0.473 e. The van der Waals surface area contributed by atoms with E-state index in [1.807, 2.05) is 12.1 Å². The molecule has 0 saturated heterocycles. The Bertz CT molecular complexity index is 709. The Hall–Kier alpha value is -2.12. The summed E-state index contributed by atoms with van der Waals surface area (Å²) < 4.78 is 5.71. The van der Waals surface area contributed by atoms with E-state index in [2.05, 4.69) is 9.97 Å². The summed E-state index contributed by atoms with van der Waals surface area (Å²) in [6.07, 6.45) is 5.88. The first-order valence-electron chi connectivity index (χ1n) is 6.92. The van der Waals surface area contributed by atoms with Crippen molar-refractivity contribution in [3.63, 3.8) is 0 Å². The van der Waals surface area contributed by atoms with Gasteiger partial charge in [-0.25, -0.2) is 9.97 Å². The fourth-order valence-corrected chi connectivity index (χ4v) is 2.78. The molecule has 3 rings (SSSR count). The summed E-state index contributed by atoms with van der Waals surface area (Å²) in [7, 11) is 0. The second-order valence-electron chi connectivity index (χ2n) is 5.02. The quantitative estimate of drug-likeness (QED) is 0.871. The van der Waals surface area contributed by atoms with Crippen LogP contribution in [-0.2, 0) is 19.4 Å². The van der Waals surface area contributed by atoms with Crippen molar-refractivity contribution in [3.8, 4) is 11.9 Å². The Balaban J connectivity index is 1.76. The molecule has 0 fully saturated rings. The van der Waals surface area contributed by atoms with E-state index >= 15 is 0 Å². The van der Waals surface area contributed by atoms with Gasteiger partial charge in [0.2, 0.25) is 5.88 Å². The highest BCUT2D eigenvalue weighted by Crippen LogP contribution is 2.29. The minimum absolute atomic E-state index is 0.347. The summed E-state index contributed by atoms with van der Waals surface area (Å²) in [5.41, 5.74) is 3.48. The van der Waals surface area contributed by atoms with Crippen molar-refractivity contribution in [2.45, 2.75) is 32.3 Å². The van der Waals surface area contributed by atoms with E-state index in [1.54, 1.807) is 18.3 Å². The van der Waals surface area contributed by atoms with Gasteiger partial charge in [-0.15, -0.1) is 0 Å². The average molecular weight is 300 g/mol. The lowest BCUT2D eigenvalue weighted by atomic mass is 9.96. The van der Waals surface area contributed by atoms with Gasteiger partial charge in [0.15, 0.2) is 0 Å². The fraction of sp³-hybridized carbons (Fsp3) is 0.312. The topological polar surface area (TPSA) is 58.8 Å². The lowest BCUT2D eigenvalue weighted by Crippen LogP contribution is -2.08. The van der Waals surface area contributed by atoms with Gasteiger partial charge in [-0.2, -0.15) is 5.26 Å². The molecular formula is C16H14ClN3O. The molecular weight excluding hydrogens is 286 g/mol. The van der Waals surface area contributed by atoms with E-state index in [4.69, 9.17) is 21.6 Å². The SMILES string of the molecule is N#Cc1cc(COc2cc(Cl)c3c(n2)CCCC3)ccn1. The highest BCUT2D eigenvalue weighted by molar-refractivity contribution is 6.31. The van der Waals surface area contributed by atoms with Crippen LogP contribution in [0.15, 0.2) is 24.4 Å². The van der Waals surface area contributed by atoms with Crippen molar-refractivity contribution in [1.29, 1.82) is 5.26 Å². The van der Waals surface area contributed by atoms with E-state index in [-0.39, 0.29) is 0 Å². The molecule has 21 heavy (non-hydrogen) atoms. The Morgan fingerprint density at radius 1 is 1.29 bits per heavy atom. The summed E-state index contributed by atoms with van der Waals surface area (Å²) in [4.78, 5) is 8.48. The third-order valence-corrected chi connectivity index (χ3v) is 3.89. The van der Waals surface area contributed by atoms with Gasteiger partial charge in [-0.1, -0.05) is 11.6 Å². The number of ether oxygens (including phenoxy) is 1. The Kier molecular flexibility index (Phi) is 4.03. The molecule has 106 valence electrons. The van der Waals surface area contributed by atoms with Gasteiger partial charge >= 0.3 is 0 Å². The van der Waals surface area contributed by atoms with Crippen LogP contribution in [0.25, 0.3) is 0 Å². The predicted octanol–water partition coefficient (Wildman–Crippen LogP) is 3.46. The fourth-order valence-electron chi connectivity index (χ4n) is 2.49. The number of rotatable bonds is 3. The first-order valence-corrected chi connectivity index (χ1v) is 7.30. The maximum atomic E-state index is 8.83. The zero-order valence-corrected chi connectivity index (χ0v) is 12.2. The van der Waals surface area contributed by atoms with Gasteiger partial charge in [0.25, 0.3) is 0 Å². The molecule has 0 saturated carbocycles. The van der Waals surface area contributed by atoms with Gasteiger partial charge in [-0.05, 0) is 48.9 Å². The Labute approximate surface area is 128 Å². The maximum absolute atomic E-state index is 8.83. The van der Waals surface area contributed by atoms with E-state index < -0.39 is 0 Å². The molecule has 0 atom stereocenters. The van der Waals surface area contributed by atoms with Crippen LogP contribution in [0.4, 0.5) is 0 Å². The van der Waals surface area contributed by atoms with Gasteiger partial charge in [0.1, 0.15) is 18.4 Å². The summed E-state index contributed by atoms with van der Waals surface area (Å²) in [6.45, 7) is 0.347. The van der Waals surface area contributed by atoms with Crippen molar-refractivity contribution >= 4 is 11.6 Å². The molecule has 0 unspecified atom stereocenters. The standard InChI is InChI=1S/C16H14ClN3O/c17-14-8-16(20-15-4-2-1-3-13(14)15)21-10-11-5-6-19-12(7-11)9-18/h5-8H,1-4,10H2. The van der Waals surface area contributed by atoms with E-state index in [0.717, 1.165) is 41.1 Å². The number of pyridine rings is 2. The molecule has 0 radical (unpaired) electrons. The normalized spacial score (nSPS) is 13.3. The molecule has 2 heterocycles. The van der Waals surface area contributed by atoms with Crippen molar-refractivity contribution in [2.75, 3.05) is 0 Å². The number of nitriles is 1. The van der Waals surface area contributed by atoms with Gasteiger partial charge in [0.05, 0.1) is 5.02 Å². The summed E-state index contributed by atoms with van der Waals surface area (Å²) >= 11 is 6.30. The van der Waals surface area contributed by atoms with E-state index in [1.165, 1.54) is 6.42 Å². The van der Waals surface area contributed by atoms with Crippen LogP contribution in [0.2, 0.25) is 5.02 Å². The molecule has 2 aromatic heterocycles. The molecule has 0 spiro atoms. The molecule has 0 bridgehead atoms. The lowest BCUT2D eigenvalue weighted by Gasteiger charge is -2.17. The second kappa shape index (κ2) is 6.11. The first-order chi connectivity index (χ1) is 10.3. The molecule has 4 nitrogen and oxygen atoms in total. The number of aromatic nitrogens is 2. The Morgan fingerprint density at radius 3 is 3.00 bits per heavy atom. The molecule has 5 heteroatoms. The largest absolute Gasteiger partial charge is 0.473 e. The van der Waals surface area contributed by atoms with Crippen LogP contribution in [-0.4, -0.2) is 9.97 Å². The van der Waals surface area contributed by atoms with Crippen LogP contribution >= 0.6 is 11.6 Å². The van der Waals surface area contributed by atoms with Crippen molar-refractivity contribution in [3.05, 3.63) is 51.9 Å². The van der Waals surface area contributed by atoms with Crippen LogP contribution in [0.3, 0.4) is 0 Å². The summed E-state index contributed by atoms with van der Waals surface area (Å²) in [5, 5.41) is 9.57. The highest BCUT2D eigenvalue weighted by atomic mass is 35.5. The van der Waals surface area contributed by atoms with Crippen molar-refractivity contribution < 1.29 is 4.74 Å². The van der Waals surface area contributed by atoms with Crippen LogP contribution < -0.4 is 4.74 Å². The zero-order valence-electron chi connectivity index (χ0n) is 11.5. The third-order valence-electron chi connectivity index (χ3n) is 3.55. The van der Waals surface area contributed by atoms with Crippen molar-refractivity contribution in [1.82, 2.24) is 9.97 Å². The molecule has 1 aliphatic rings. The van der Waals surface area contributed by atoms with Gasteiger partial charge in [-0.3, -0.25) is 0 Å². The van der Waals surface area contributed by atoms with Crippen LogP contribution in [0.5, 0.6) is 5.88 Å². The minimum atomic E-state index is 0.347. The molecule has 1 aliphatic carbocycles. The van der Waals surface area contributed by atoms with Gasteiger partial charge < -0.3 is 4.74 Å². The predicted molar refractivity (Wildman–Crippen MR) is 79.2 cm³/mol. The second-order valence-corrected chi connectivity index (χ2v) is 5.43. The van der Waals surface area contributed by atoms with Crippen molar-refractivity contribution in [2.24, 2.45) is 0 Å². The summed E-state index contributed by atoms with van der Waals surface area (Å²) in [5.74, 6) is 0.538. The molecule has 0 aromatic carbocycles. The number of fused-ring (bicyclic) bond motifs is 1. The number of halogens is 1. The molecule has 0 aliphatic heterocycles. The van der Waals surface area contributed by atoms with Gasteiger partial charge in [0, 0.05) is 18.0 Å². The first kappa shape index (κ1) is 13.8. The summed E-state index contributed by atoms with van der Waals surface area (Å²) in [6, 6.07) is 7.32. The highest BCUT2D eigenvalue weighted by Gasteiger charge is 2.15. The van der Waals surface area contributed by atoms with Crippen LogP contribution in [0, 0.1) is 11.3 Å². The smallest absolute Gasteiger partial charge is 0.215 e. The lowest BCUT2D eigenvalue weighted by molar-refractivity contribution is 0.292. The molecule has 0 amide bonds. The Morgan fingerprint density at radius 2 is 2.14 bits per heavy atom. The molecule has 2 aromatic rings. The molecule has 0 N–H and O–H groups in total. The van der Waals surface area contributed by atoms with E-state index in [9.17, 15) is 0 Å². The number of aryl methyl sites for hydroxylation is 1. The average Bonchev–Trinajstić information content (AvgIpc) is 2.53.